The van der Waals surface area contributed by atoms with Gasteiger partial charge in [0.1, 0.15) is 5.65 Å². The van der Waals surface area contributed by atoms with Gasteiger partial charge in [0.25, 0.3) is 5.91 Å². The highest BCUT2D eigenvalue weighted by molar-refractivity contribution is 6.30. The lowest BCUT2D eigenvalue weighted by Crippen LogP contribution is -2.23. The van der Waals surface area contributed by atoms with E-state index in [0.717, 1.165) is 41.1 Å². The van der Waals surface area contributed by atoms with Crippen molar-refractivity contribution in [2.75, 3.05) is 0 Å². The standard InChI is InChI=1S/C26H24ClN7O/c27-19-7-8-32-15-29-22(23(32)9-19)10-28-26(35)21-14-34(31-25(21)17-3-4-17)13-20-12-33-11-18(16-1-2-16)5-6-24(33)30-20/h5-9,11-12,14-17H,1-4,10,13H2,(H,28,35). The molecule has 0 saturated heterocycles. The van der Waals surface area contributed by atoms with Crippen LogP contribution in [-0.4, -0.2) is 34.5 Å². The summed E-state index contributed by atoms with van der Waals surface area (Å²) in [5, 5.41) is 8.45. The average Bonchev–Trinajstić information content (AvgIpc) is 3.77. The summed E-state index contributed by atoms with van der Waals surface area (Å²) in [5.74, 6) is 0.924. The van der Waals surface area contributed by atoms with Crippen LogP contribution in [0.15, 0.2) is 55.4 Å². The molecule has 0 atom stereocenters. The number of fused-ring (bicyclic) bond motifs is 2. The maximum absolute atomic E-state index is 13.2. The first-order valence-electron chi connectivity index (χ1n) is 12.0. The molecule has 1 N–H and O–H groups in total. The van der Waals surface area contributed by atoms with Gasteiger partial charge in [-0.2, -0.15) is 5.10 Å². The van der Waals surface area contributed by atoms with Crippen LogP contribution >= 0.6 is 11.6 Å². The van der Waals surface area contributed by atoms with E-state index in [0.29, 0.717) is 35.5 Å². The molecule has 9 heteroatoms. The molecule has 0 spiro atoms. The Hall–Kier alpha value is -3.65. The average molecular weight is 486 g/mol. The summed E-state index contributed by atoms with van der Waals surface area (Å²) in [6, 6.07) is 7.93. The summed E-state index contributed by atoms with van der Waals surface area (Å²) in [6.45, 7) is 0.846. The lowest BCUT2D eigenvalue weighted by molar-refractivity contribution is 0.0949. The molecule has 176 valence electrons. The second kappa shape index (κ2) is 7.95. The minimum atomic E-state index is -0.134. The van der Waals surface area contributed by atoms with Crippen LogP contribution in [0, 0.1) is 0 Å². The Balaban J connectivity index is 1.11. The Bertz CT molecular complexity index is 1590. The van der Waals surface area contributed by atoms with E-state index < -0.39 is 0 Å². The third-order valence-corrected chi connectivity index (χ3v) is 7.13. The highest BCUT2D eigenvalue weighted by Gasteiger charge is 2.31. The Kier molecular flexibility index (Phi) is 4.70. The largest absolute Gasteiger partial charge is 0.346 e. The Morgan fingerprint density at radius 2 is 1.91 bits per heavy atom. The predicted molar refractivity (Wildman–Crippen MR) is 132 cm³/mol. The fourth-order valence-corrected chi connectivity index (χ4v) is 4.88. The first-order chi connectivity index (χ1) is 17.1. The third kappa shape index (κ3) is 3.97. The number of aromatic nitrogens is 6. The van der Waals surface area contributed by atoms with Gasteiger partial charge >= 0.3 is 0 Å². The van der Waals surface area contributed by atoms with E-state index >= 15 is 0 Å². The van der Waals surface area contributed by atoms with Crippen molar-refractivity contribution in [3.05, 3.63) is 88.6 Å². The number of hydrogen-bond donors (Lipinski definition) is 1. The third-order valence-electron chi connectivity index (χ3n) is 6.89. The van der Waals surface area contributed by atoms with E-state index in [-0.39, 0.29) is 5.91 Å². The SMILES string of the molecule is O=C(NCc1ncn2ccc(Cl)cc12)c1cn(Cc2cn3cc(C4CC4)ccc3n2)nc1C1CC1. The molecule has 0 aromatic carbocycles. The van der Waals surface area contributed by atoms with Crippen LogP contribution in [0.5, 0.6) is 0 Å². The molecular formula is C26H24ClN7O. The topological polar surface area (TPSA) is 81.5 Å². The molecule has 35 heavy (non-hydrogen) atoms. The number of rotatable bonds is 7. The van der Waals surface area contributed by atoms with Crippen LogP contribution in [0.4, 0.5) is 0 Å². The fourth-order valence-electron chi connectivity index (χ4n) is 4.72. The number of carbonyl (C=O) groups is 1. The summed E-state index contributed by atoms with van der Waals surface area (Å²) in [7, 11) is 0. The zero-order chi connectivity index (χ0) is 23.5. The number of amides is 1. The maximum atomic E-state index is 13.2. The van der Waals surface area contributed by atoms with E-state index in [4.69, 9.17) is 21.7 Å². The molecule has 5 aromatic heterocycles. The molecule has 0 unspecified atom stereocenters. The molecule has 0 bridgehead atoms. The van der Waals surface area contributed by atoms with Crippen LogP contribution in [0.2, 0.25) is 5.02 Å². The zero-order valence-corrected chi connectivity index (χ0v) is 19.8. The van der Waals surface area contributed by atoms with E-state index in [9.17, 15) is 4.79 Å². The van der Waals surface area contributed by atoms with E-state index in [1.807, 2.05) is 33.6 Å². The Labute approximate surface area is 206 Å². The van der Waals surface area contributed by atoms with Gasteiger partial charge in [0, 0.05) is 35.7 Å². The molecule has 2 aliphatic rings. The molecule has 5 heterocycles. The Morgan fingerprint density at radius 3 is 2.74 bits per heavy atom. The van der Waals surface area contributed by atoms with Gasteiger partial charge in [-0.1, -0.05) is 17.7 Å². The molecule has 2 saturated carbocycles. The molecule has 8 nitrogen and oxygen atoms in total. The number of halogens is 1. The number of carbonyl (C=O) groups excluding carboxylic acids is 1. The smallest absolute Gasteiger partial charge is 0.255 e. The number of nitrogens with zero attached hydrogens (tertiary/aromatic N) is 6. The molecule has 2 fully saturated rings. The van der Waals surface area contributed by atoms with Crippen LogP contribution in [0.25, 0.3) is 11.2 Å². The summed E-state index contributed by atoms with van der Waals surface area (Å²) in [5.41, 5.74) is 6.40. The van der Waals surface area contributed by atoms with Gasteiger partial charge in [0.05, 0.1) is 47.6 Å². The van der Waals surface area contributed by atoms with Crippen LogP contribution < -0.4 is 5.32 Å². The quantitative estimate of drug-likeness (QED) is 0.366. The molecular weight excluding hydrogens is 462 g/mol. The van der Waals surface area contributed by atoms with Crippen molar-refractivity contribution in [1.29, 1.82) is 0 Å². The van der Waals surface area contributed by atoms with Gasteiger partial charge in [-0.25, -0.2) is 9.97 Å². The number of pyridine rings is 2. The monoisotopic (exact) mass is 485 g/mol. The highest BCUT2D eigenvalue weighted by Crippen LogP contribution is 2.41. The number of nitrogens with one attached hydrogen (secondary N) is 1. The zero-order valence-electron chi connectivity index (χ0n) is 19.1. The molecule has 0 radical (unpaired) electrons. The van der Waals surface area contributed by atoms with Crippen molar-refractivity contribution in [1.82, 2.24) is 33.9 Å². The minimum Gasteiger partial charge on any atom is -0.346 e. The normalized spacial score (nSPS) is 15.8. The summed E-state index contributed by atoms with van der Waals surface area (Å²) >= 11 is 6.14. The minimum absolute atomic E-state index is 0.134. The summed E-state index contributed by atoms with van der Waals surface area (Å²) in [4.78, 5) is 22.4. The predicted octanol–water partition coefficient (Wildman–Crippen LogP) is 4.57. The van der Waals surface area contributed by atoms with Crippen molar-refractivity contribution in [3.8, 4) is 0 Å². The molecule has 2 aliphatic carbocycles. The second-order valence-corrected chi connectivity index (χ2v) is 10.1. The Morgan fingerprint density at radius 1 is 1.06 bits per heavy atom. The lowest BCUT2D eigenvalue weighted by Gasteiger charge is -2.04. The van der Waals surface area contributed by atoms with Crippen LogP contribution in [-0.2, 0) is 13.1 Å². The van der Waals surface area contributed by atoms with Gasteiger partial charge in [0.2, 0.25) is 0 Å². The summed E-state index contributed by atoms with van der Waals surface area (Å²) < 4.78 is 5.84. The van der Waals surface area contributed by atoms with Crippen LogP contribution in [0.1, 0.15) is 70.5 Å². The van der Waals surface area contributed by atoms with Crippen molar-refractivity contribution in [3.63, 3.8) is 0 Å². The van der Waals surface area contributed by atoms with Gasteiger partial charge < -0.3 is 14.1 Å². The second-order valence-electron chi connectivity index (χ2n) is 9.65. The van der Waals surface area contributed by atoms with Gasteiger partial charge in [-0.05, 0) is 55.4 Å². The van der Waals surface area contributed by atoms with E-state index in [1.54, 1.807) is 6.33 Å². The fraction of sp³-hybridized carbons (Fsp3) is 0.308. The van der Waals surface area contributed by atoms with Gasteiger partial charge in [-0.15, -0.1) is 0 Å². The van der Waals surface area contributed by atoms with Crippen molar-refractivity contribution >= 4 is 28.7 Å². The highest BCUT2D eigenvalue weighted by atomic mass is 35.5. The molecule has 1 amide bonds. The van der Waals surface area contributed by atoms with Gasteiger partial charge in [0.15, 0.2) is 0 Å². The summed E-state index contributed by atoms with van der Waals surface area (Å²) in [6.07, 6.45) is 14.4. The van der Waals surface area contributed by atoms with Crippen molar-refractivity contribution in [2.45, 2.75) is 50.6 Å². The first-order valence-corrected chi connectivity index (χ1v) is 12.4. The lowest BCUT2D eigenvalue weighted by atomic mass is 10.1. The number of hydrogen-bond acceptors (Lipinski definition) is 4. The molecule has 5 aromatic rings. The van der Waals surface area contributed by atoms with E-state index in [1.165, 1.54) is 18.4 Å². The molecule has 7 rings (SSSR count). The number of imidazole rings is 2. The first kappa shape index (κ1) is 20.7. The molecule has 0 aliphatic heterocycles. The van der Waals surface area contributed by atoms with Crippen molar-refractivity contribution < 1.29 is 4.79 Å². The van der Waals surface area contributed by atoms with Crippen molar-refractivity contribution in [2.24, 2.45) is 0 Å². The van der Waals surface area contributed by atoms with E-state index in [2.05, 4.69) is 39.2 Å². The van der Waals surface area contributed by atoms with Gasteiger partial charge in [-0.3, -0.25) is 9.48 Å². The van der Waals surface area contributed by atoms with Crippen LogP contribution in [0.3, 0.4) is 0 Å². The maximum Gasteiger partial charge on any atom is 0.255 e.